The average molecular weight is 363 g/mol. The quantitative estimate of drug-likeness (QED) is 0.823. The van der Waals surface area contributed by atoms with Crippen LogP contribution < -0.4 is 0 Å². The normalized spacial score (nSPS) is 21.8. The van der Waals surface area contributed by atoms with Crippen molar-refractivity contribution in [2.45, 2.75) is 25.6 Å². The SMILES string of the molecule is CC1(C)CN(C(=O)c2ccc(Br)c(O)c2)CC(CCl)O1. The summed E-state index contributed by atoms with van der Waals surface area (Å²) in [4.78, 5) is 14.2. The van der Waals surface area contributed by atoms with Gasteiger partial charge in [-0.3, -0.25) is 4.79 Å². The maximum Gasteiger partial charge on any atom is 0.254 e. The van der Waals surface area contributed by atoms with Gasteiger partial charge in [-0.15, -0.1) is 11.6 Å². The van der Waals surface area contributed by atoms with Crippen molar-refractivity contribution in [2.75, 3.05) is 19.0 Å². The molecule has 6 heteroatoms. The van der Waals surface area contributed by atoms with Gasteiger partial charge in [0.2, 0.25) is 0 Å². The molecule has 1 aliphatic rings. The van der Waals surface area contributed by atoms with Crippen LogP contribution in [0.4, 0.5) is 0 Å². The molecule has 20 heavy (non-hydrogen) atoms. The molecular weight excluding hydrogens is 346 g/mol. The average Bonchev–Trinajstić information content (AvgIpc) is 2.39. The number of benzene rings is 1. The molecule has 0 saturated carbocycles. The van der Waals surface area contributed by atoms with Crippen LogP contribution in [-0.2, 0) is 4.74 Å². The van der Waals surface area contributed by atoms with Crippen LogP contribution in [0.5, 0.6) is 5.75 Å². The number of aromatic hydroxyl groups is 1. The van der Waals surface area contributed by atoms with E-state index in [1.54, 1.807) is 17.0 Å². The number of carbonyl (C=O) groups excluding carboxylic acids is 1. The molecule has 1 fully saturated rings. The molecule has 1 aromatic rings. The van der Waals surface area contributed by atoms with Crippen molar-refractivity contribution in [3.8, 4) is 5.75 Å². The van der Waals surface area contributed by atoms with E-state index in [1.165, 1.54) is 6.07 Å². The lowest BCUT2D eigenvalue weighted by atomic mass is 10.0. The summed E-state index contributed by atoms with van der Waals surface area (Å²) >= 11 is 9.06. The first kappa shape index (κ1) is 15.6. The van der Waals surface area contributed by atoms with Gasteiger partial charge in [0.15, 0.2) is 0 Å². The Kier molecular flexibility index (Phi) is 4.62. The predicted molar refractivity (Wildman–Crippen MR) is 81.4 cm³/mol. The number of amides is 1. The third-order valence-corrected chi connectivity index (χ3v) is 4.15. The number of rotatable bonds is 2. The molecule has 1 saturated heterocycles. The highest BCUT2D eigenvalue weighted by molar-refractivity contribution is 9.10. The molecule has 0 aromatic heterocycles. The predicted octanol–water partition coefficient (Wildman–Crippen LogP) is 3.01. The molecule has 1 heterocycles. The van der Waals surface area contributed by atoms with Crippen LogP contribution in [-0.4, -0.2) is 46.6 Å². The van der Waals surface area contributed by atoms with Crippen molar-refractivity contribution in [3.05, 3.63) is 28.2 Å². The summed E-state index contributed by atoms with van der Waals surface area (Å²) in [5, 5.41) is 9.68. The molecule has 0 spiro atoms. The van der Waals surface area contributed by atoms with Crippen molar-refractivity contribution in [2.24, 2.45) is 0 Å². The molecule has 0 aliphatic carbocycles. The first-order valence-electron chi connectivity index (χ1n) is 6.34. The molecule has 110 valence electrons. The van der Waals surface area contributed by atoms with Gasteiger partial charge in [-0.25, -0.2) is 0 Å². The Bertz CT molecular complexity index is 521. The molecule has 2 rings (SSSR count). The fourth-order valence-corrected chi connectivity index (χ4v) is 2.77. The van der Waals surface area contributed by atoms with E-state index >= 15 is 0 Å². The van der Waals surface area contributed by atoms with Crippen LogP contribution in [0.2, 0.25) is 0 Å². The molecule has 0 bridgehead atoms. The van der Waals surface area contributed by atoms with Crippen molar-refractivity contribution in [3.63, 3.8) is 0 Å². The molecular formula is C14H17BrClNO3. The zero-order valence-electron chi connectivity index (χ0n) is 11.4. The molecule has 1 aromatic carbocycles. The van der Waals surface area contributed by atoms with Crippen molar-refractivity contribution in [1.29, 1.82) is 0 Å². The Hall–Kier alpha value is -0.780. The van der Waals surface area contributed by atoms with E-state index in [0.717, 1.165) is 0 Å². The van der Waals surface area contributed by atoms with E-state index < -0.39 is 5.60 Å². The minimum absolute atomic E-state index is 0.0530. The lowest BCUT2D eigenvalue weighted by Crippen LogP contribution is -2.55. The molecule has 1 atom stereocenters. The van der Waals surface area contributed by atoms with E-state index in [2.05, 4.69) is 15.9 Å². The number of hydrogen-bond donors (Lipinski definition) is 1. The van der Waals surface area contributed by atoms with Crippen LogP contribution in [0.1, 0.15) is 24.2 Å². The standard InChI is InChI=1S/C14H17BrClNO3/c1-14(2)8-17(7-10(6-16)20-14)13(19)9-3-4-11(15)12(18)5-9/h3-5,10,18H,6-8H2,1-2H3. The lowest BCUT2D eigenvalue weighted by molar-refractivity contribution is -0.117. The number of hydrogen-bond acceptors (Lipinski definition) is 3. The number of nitrogens with zero attached hydrogens (tertiary/aromatic N) is 1. The zero-order valence-corrected chi connectivity index (χ0v) is 13.7. The minimum Gasteiger partial charge on any atom is -0.507 e. The van der Waals surface area contributed by atoms with Crippen LogP contribution >= 0.6 is 27.5 Å². The van der Waals surface area contributed by atoms with Crippen LogP contribution in [0, 0.1) is 0 Å². The maximum absolute atomic E-state index is 12.5. The summed E-state index contributed by atoms with van der Waals surface area (Å²) in [6, 6.07) is 4.81. The second-order valence-electron chi connectivity index (χ2n) is 5.51. The van der Waals surface area contributed by atoms with Gasteiger partial charge in [-0.2, -0.15) is 0 Å². The molecule has 0 radical (unpaired) electrons. The van der Waals surface area contributed by atoms with Gasteiger partial charge in [0.1, 0.15) is 5.75 Å². The summed E-state index contributed by atoms with van der Waals surface area (Å²) in [5.41, 5.74) is 0.0296. The van der Waals surface area contributed by atoms with Gasteiger partial charge in [-0.1, -0.05) is 0 Å². The second kappa shape index (κ2) is 5.92. The van der Waals surface area contributed by atoms with Crippen LogP contribution in [0.3, 0.4) is 0 Å². The topological polar surface area (TPSA) is 49.8 Å². The van der Waals surface area contributed by atoms with Gasteiger partial charge >= 0.3 is 0 Å². The van der Waals surface area contributed by atoms with E-state index in [4.69, 9.17) is 16.3 Å². The van der Waals surface area contributed by atoms with E-state index in [9.17, 15) is 9.90 Å². The lowest BCUT2D eigenvalue weighted by Gasteiger charge is -2.42. The van der Waals surface area contributed by atoms with Crippen molar-refractivity contribution >= 4 is 33.4 Å². The fourth-order valence-electron chi connectivity index (χ4n) is 2.36. The molecule has 1 amide bonds. The van der Waals surface area contributed by atoms with Gasteiger partial charge in [0, 0.05) is 18.7 Å². The zero-order chi connectivity index (χ0) is 14.9. The highest BCUT2D eigenvalue weighted by Crippen LogP contribution is 2.27. The van der Waals surface area contributed by atoms with Crippen molar-refractivity contribution in [1.82, 2.24) is 4.90 Å². The number of ether oxygens (including phenoxy) is 1. The first-order chi connectivity index (χ1) is 9.32. The number of phenols is 1. The molecule has 1 unspecified atom stereocenters. The maximum atomic E-state index is 12.5. The molecule has 1 N–H and O–H groups in total. The van der Waals surface area contributed by atoms with Crippen LogP contribution in [0.25, 0.3) is 0 Å². The van der Waals surface area contributed by atoms with E-state index in [0.29, 0.717) is 29.0 Å². The Morgan fingerprint density at radius 2 is 2.30 bits per heavy atom. The van der Waals surface area contributed by atoms with Crippen molar-refractivity contribution < 1.29 is 14.6 Å². The Morgan fingerprint density at radius 3 is 2.90 bits per heavy atom. The van der Waals surface area contributed by atoms with E-state index in [1.807, 2.05) is 13.8 Å². The summed E-state index contributed by atoms with van der Waals surface area (Å²) in [6.45, 7) is 4.83. The number of morpholine rings is 1. The van der Waals surface area contributed by atoms with Gasteiger partial charge in [0.25, 0.3) is 5.91 Å². The Balaban J connectivity index is 2.21. The highest BCUT2D eigenvalue weighted by atomic mass is 79.9. The van der Waals surface area contributed by atoms with Gasteiger partial charge < -0.3 is 14.7 Å². The third kappa shape index (κ3) is 3.45. The number of halogens is 2. The Labute approximate surface area is 131 Å². The molecule has 1 aliphatic heterocycles. The molecule has 4 nitrogen and oxygen atoms in total. The first-order valence-corrected chi connectivity index (χ1v) is 7.67. The van der Waals surface area contributed by atoms with E-state index in [-0.39, 0.29) is 17.8 Å². The monoisotopic (exact) mass is 361 g/mol. The summed E-state index contributed by atoms with van der Waals surface area (Å²) in [6.07, 6.45) is -0.173. The number of carbonyl (C=O) groups is 1. The summed E-state index contributed by atoms with van der Waals surface area (Å²) in [5.74, 6) is 0.273. The largest absolute Gasteiger partial charge is 0.507 e. The van der Waals surface area contributed by atoms with Gasteiger partial charge in [-0.05, 0) is 48.0 Å². The second-order valence-corrected chi connectivity index (χ2v) is 6.67. The third-order valence-electron chi connectivity index (χ3n) is 3.13. The fraction of sp³-hybridized carbons (Fsp3) is 0.500. The minimum atomic E-state index is -0.426. The highest BCUT2D eigenvalue weighted by Gasteiger charge is 2.35. The Morgan fingerprint density at radius 1 is 1.60 bits per heavy atom. The van der Waals surface area contributed by atoms with Gasteiger partial charge in [0.05, 0.1) is 22.1 Å². The van der Waals surface area contributed by atoms with Crippen LogP contribution in [0.15, 0.2) is 22.7 Å². The smallest absolute Gasteiger partial charge is 0.254 e. The number of alkyl halides is 1. The summed E-state index contributed by atoms with van der Waals surface area (Å²) in [7, 11) is 0. The number of phenolic OH excluding ortho intramolecular Hbond substituents is 1. The summed E-state index contributed by atoms with van der Waals surface area (Å²) < 4.78 is 6.36.